The van der Waals surface area contributed by atoms with Gasteiger partial charge in [-0.2, -0.15) is 0 Å². The van der Waals surface area contributed by atoms with Crippen LogP contribution in [0.25, 0.3) is 0 Å². The summed E-state index contributed by atoms with van der Waals surface area (Å²) < 4.78 is 13.6. The third kappa shape index (κ3) is 8.56. The SMILES string of the molecule is CC(=O)c1cccc(NC(=O)Cc2ccc(C3OC(CSc4ccc(C(=O)O)cc4)C(c4ccccc4)C(c4ccc(CO)cc4)O3)cc2)c1. The summed E-state index contributed by atoms with van der Waals surface area (Å²) in [4.78, 5) is 36.9. The zero-order valence-corrected chi connectivity index (χ0v) is 28.2. The summed E-state index contributed by atoms with van der Waals surface area (Å²) in [7, 11) is 0. The van der Waals surface area contributed by atoms with Crippen molar-refractivity contribution in [3.05, 3.63) is 166 Å². The lowest BCUT2D eigenvalue weighted by atomic mass is 9.84. The molecule has 3 N–H and O–H groups in total. The molecule has 5 aromatic carbocycles. The molecule has 0 bridgehead atoms. The molecule has 1 aliphatic rings. The number of ether oxygens (including phenoxy) is 2. The molecule has 0 aliphatic carbocycles. The zero-order valence-electron chi connectivity index (χ0n) is 27.4. The maximum atomic E-state index is 12.9. The quantitative estimate of drug-likeness (QED) is 0.0892. The second kappa shape index (κ2) is 16.1. The first-order valence-electron chi connectivity index (χ1n) is 16.3. The van der Waals surface area contributed by atoms with Crippen LogP contribution in [0.5, 0.6) is 0 Å². The minimum absolute atomic E-state index is 0.0608. The first-order valence-corrected chi connectivity index (χ1v) is 17.3. The number of carboxylic acids is 1. The van der Waals surface area contributed by atoms with Gasteiger partial charge in [-0.15, -0.1) is 11.8 Å². The van der Waals surface area contributed by atoms with Crippen molar-refractivity contribution in [2.45, 2.75) is 49.3 Å². The number of benzene rings is 5. The molecule has 8 nitrogen and oxygen atoms in total. The highest BCUT2D eigenvalue weighted by atomic mass is 32.2. The van der Waals surface area contributed by atoms with E-state index in [1.165, 1.54) is 6.92 Å². The average Bonchev–Trinajstić information content (AvgIpc) is 3.14. The molecule has 1 fully saturated rings. The Labute approximate surface area is 295 Å². The number of rotatable bonds is 12. The highest BCUT2D eigenvalue weighted by Crippen LogP contribution is 2.48. The van der Waals surface area contributed by atoms with Crippen LogP contribution >= 0.6 is 11.8 Å². The molecule has 50 heavy (non-hydrogen) atoms. The summed E-state index contributed by atoms with van der Waals surface area (Å²) in [5.74, 6) is -0.849. The van der Waals surface area contributed by atoms with Crippen molar-refractivity contribution >= 4 is 35.1 Å². The molecule has 1 saturated heterocycles. The van der Waals surface area contributed by atoms with Crippen LogP contribution in [0.15, 0.2) is 132 Å². The van der Waals surface area contributed by atoms with Crippen LogP contribution in [0.4, 0.5) is 5.69 Å². The van der Waals surface area contributed by atoms with Gasteiger partial charge in [0.15, 0.2) is 12.1 Å². The zero-order chi connectivity index (χ0) is 35.0. The Morgan fingerprint density at radius 2 is 1.40 bits per heavy atom. The van der Waals surface area contributed by atoms with E-state index in [9.17, 15) is 24.6 Å². The van der Waals surface area contributed by atoms with E-state index in [1.807, 2.05) is 78.9 Å². The van der Waals surface area contributed by atoms with Gasteiger partial charge in [0, 0.05) is 33.4 Å². The van der Waals surface area contributed by atoms with Crippen molar-refractivity contribution in [2.24, 2.45) is 0 Å². The molecule has 0 radical (unpaired) electrons. The fourth-order valence-electron chi connectivity index (χ4n) is 6.02. The standard InChI is InChI=1S/C41H37NO7S/c1-26(44)33-8-5-9-34(23-33)42-37(45)22-27-10-16-32(17-11-27)41-48-36(25-50-35-20-18-31(19-21-35)40(46)47)38(29-6-3-2-4-7-29)39(49-41)30-14-12-28(24-43)13-15-30/h2-21,23,36,38-39,41,43H,22,24-25H2,1H3,(H,42,45)(H,46,47). The van der Waals surface area contributed by atoms with Gasteiger partial charge in [0.1, 0.15) is 0 Å². The Bertz CT molecular complexity index is 1930. The largest absolute Gasteiger partial charge is 0.478 e. The fraction of sp³-hybridized carbons (Fsp3) is 0.195. The lowest BCUT2D eigenvalue weighted by Crippen LogP contribution is -2.38. The highest BCUT2D eigenvalue weighted by molar-refractivity contribution is 7.99. The van der Waals surface area contributed by atoms with Gasteiger partial charge in [-0.1, -0.05) is 91.0 Å². The Morgan fingerprint density at radius 3 is 2.06 bits per heavy atom. The van der Waals surface area contributed by atoms with E-state index in [0.717, 1.165) is 32.7 Å². The number of hydrogen-bond donors (Lipinski definition) is 3. The Balaban J connectivity index is 1.25. The number of Topliss-reactive ketones (excluding diaryl/α,β-unsaturated/α-hetero) is 1. The summed E-state index contributed by atoms with van der Waals surface area (Å²) in [5.41, 5.74) is 5.75. The van der Waals surface area contributed by atoms with Crippen LogP contribution in [-0.2, 0) is 27.3 Å². The molecule has 4 atom stereocenters. The number of hydrogen-bond acceptors (Lipinski definition) is 7. The number of amides is 1. The number of carbonyl (C=O) groups excluding carboxylic acids is 2. The summed E-state index contributed by atoms with van der Waals surface area (Å²) in [6, 6.07) is 39.1. The van der Waals surface area contributed by atoms with Crippen LogP contribution < -0.4 is 5.32 Å². The summed E-state index contributed by atoms with van der Waals surface area (Å²) in [6.45, 7) is 1.43. The molecule has 1 aliphatic heterocycles. The Morgan fingerprint density at radius 1 is 0.720 bits per heavy atom. The number of thioether (sulfide) groups is 1. The van der Waals surface area contributed by atoms with Crippen LogP contribution in [0.2, 0.25) is 0 Å². The molecule has 0 spiro atoms. The van der Waals surface area contributed by atoms with E-state index in [-0.39, 0.29) is 48.4 Å². The van der Waals surface area contributed by atoms with E-state index < -0.39 is 12.3 Å². The average molecular weight is 688 g/mol. The van der Waals surface area contributed by atoms with Gasteiger partial charge in [-0.25, -0.2) is 4.79 Å². The van der Waals surface area contributed by atoms with Gasteiger partial charge >= 0.3 is 5.97 Å². The Kier molecular flexibility index (Phi) is 11.2. The second-order valence-corrected chi connectivity index (χ2v) is 13.2. The normalized spacial score (nSPS) is 18.7. The first kappa shape index (κ1) is 34.8. The number of nitrogens with one attached hydrogen (secondary N) is 1. The molecule has 1 heterocycles. The van der Waals surface area contributed by atoms with Crippen LogP contribution in [0.1, 0.15) is 73.8 Å². The van der Waals surface area contributed by atoms with Crippen LogP contribution in [0, 0.1) is 0 Å². The molecule has 0 saturated carbocycles. The number of aliphatic hydroxyl groups is 1. The maximum Gasteiger partial charge on any atom is 0.335 e. The van der Waals surface area contributed by atoms with Crippen molar-refractivity contribution in [1.82, 2.24) is 0 Å². The highest BCUT2D eigenvalue weighted by Gasteiger charge is 2.42. The Hall–Kier alpha value is -5.06. The number of ketones is 1. The lowest BCUT2D eigenvalue weighted by Gasteiger charge is -2.43. The molecule has 0 aromatic heterocycles. The van der Waals surface area contributed by atoms with E-state index in [0.29, 0.717) is 17.0 Å². The van der Waals surface area contributed by atoms with E-state index >= 15 is 0 Å². The van der Waals surface area contributed by atoms with E-state index in [4.69, 9.17) is 9.47 Å². The number of carbonyl (C=O) groups is 3. The number of anilines is 1. The van der Waals surface area contributed by atoms with Crippen LogP contribution in [-0.4, -0.2) is 39.7 Å². The molecule has 9 heteroatoms. The number of aliphatic hydroxyl groups excluding tert-OH is 1. The van der Waals surface area contributed by atoms with Crippen molar-refractivity contribution < 1.29 is 34.1 Å². The van der Waals surface area contributed by atoms with Crippen LogP contribution in [0.3, 0.4) is 0 Å². The lowest BCUT2D eigenvalue weighted by molar-refractivity contribution is -0.255. The van der Waals surface area contributed by atoms with Crippen molar-refractivity contribution in [3.8, 4) is 0 Å². The van der Waals surface area contributed by atoms with Gasteiger partial charge < -0.3 is 25.0 Å². The minimum atomic E-state index is -0.970. The van der Waals surface area contributed by atoms with Gasteiger partial charge in [0.2, 0.25) is 5.91 Å². The third-order valence-corrected chi connectivity index (χ3v) is 9.76. The molecule has 254 valence electrons. The molecular weight excluding hydrogens is 651 g/mol. The smallest absolute Gasteiger partial charge is 0.335 e. The van der Waals surface area contributed by atoms with Gasteiger partial charge in [-0.3, -0.25) is 9.59 Å². The fourth-order valence-corrected chi connectivity index (χ4v) is 6.99. The monoisotopic (exact) mass is 687 g/mol. The van der Waals surface area contributed by atoms with Crippen molar-refractivity contribution in [1.29, 1.82) is 0 Å². The number of carboxylic acid groups (broad SMARTS) is 1. The van der Waals surface area contributed by atoms with E-state index in [1.54, 1.807) is 48.2 Å². The topological polar surface area (TPSA) is 122 Å². The molecule has 1 amide bonds. The molecule has 4 unspecified atom stereocenters. The predicted octanol–water partition coefficient (Wildman–Crippen LogP) is 7.99. The van der Waals surface area contributed by atoms with Crippen molar-refractivity contribution in [3.63, 3.8) is 0 Å². The molecule has 5 aromatic rings. The summed E-state index contributed by atoms with van der Waals surface area (Å²) in [6.07, 6.45) is -1.26. The van der Waals surface area contributed by atoms with Gasteiger partial charge in [0.25, 0.3) is 0 Å². The molecular formula is C41H37NO7S. The van der Waals surface area contributed by atoms with Gasteiger partial charge in [0.05, 0.1) is 30.8 Å². The number of aromatic carboxylic acids is 1. The predicted molar refractivity (Wildman–Crippen MR) is 192 cm³/mol. The first-order chi connectivity index (χ1) is 24.3. The van der Waals surface area contributed by atoms with E-state index in [2.05, 4.69) is 17.4 Å². The molecule has 6 rings (SSSR count). The summed E-state index contributed by atoms with van der Waals surface area (Å²) >= 11 is 1.59. The van der Waals surface area contributed by atoms with Crippen molar-refractivity contribution in [2.75, 3.05) is 11.1 Å². The third-order valence-electron chi connectivity index (χ3n) is 8.66. The van der Waals surface area contributed by atoms with Gasteiger partial charge in [-0.05, 0) is 65.6 Å². The second-order valence-electron chi connectivity index (χ2n) is 12.1. The summed E-state index contributed by atoms with van der Waals surface area (Å²) in [5, 5.41) is 21.9. The maximum absolute atomic E-state index is 12.9. The minimum Gasteiger partial charge on any atom is -0.478 e.